The van der Waals surface area contributed by atoms with Gasteiger partial charge in [-0.05, 0) is 23.8 Å². The predicted octanol–water partition coefficient (Wildman–Crippen LogP) is 3.75. The molecular weight excluding hydrogens is 471 g/mol. The van der Waals surface area contributed by atoms with E-state index in [9.17, 15) is 13.2 Å². The van der Waals surface area contributed by atoms with E-state index in [-0.39, 0.29) is 6.04 Å². The molecule has 1 fully saturated rings. The summed E-state index contributed by atoms with van der Waals surface area (Å²) in [6, 6.07) is 4.27. The quantitative estimate of drug-likeness (QED) is 0.456. The van der Waals surface area contributed by atoms with Crippen molar-refractivity contribution in [1.29, 1.82) is 0 Å². The zero-order valence-corrected chi connectivity index (χ0v) is 19.1. The molecule has 1 saturated heterocycles. The third-order valence-corrected chi connectivity index (χ3v) is 6.54. The fourth-order valence-corrected chi connectivity index (χ4v) is 4.69. The number of hydrogen-bond acceptors (Lipinski definition) is 7. The van der Waals surface area contributed by atoms with Gasteiger partial charge in [0.15, 0.2) is 5.82 Å². The van der Waals surface area contributed by atoms with E-state index >= 15 is 0 Å². The van der Waals surface area contributed by atoms with Crippen LogP contribution in [0.3, 0.4) is 0 Å². The fraction of sp³-hybridized carbons (Fsp3) is 0.292. The number of anilines is 1. The maximum Gasteiger partial charge on any atom is 0.417 e. The van der Waals surface area contributed by atoms with E-state index in [4.69, 9.17) is 4.98 Å². The molecule has 0 bridgehead atoms. The standard InChI is InChI=1S/C24H22F3N9/c25-24(26,27)18-1-2-21-30-12-19(36(21)14-18)23-29-6-4-22(33-23)35-8-7-34(13-16-3-5-28-9-16)20(15-35)17-10-31-32-11-17/h1-2,4-6,9-12,14,20H,3,7-8,13,15H2,(H,31,32). The number of nitrogens with zero attached hydrogens (tertiary/aromatic N) is 8. The van der Waals surface area contributed by atoms with Gasteiger partial charge in [0.2, 0.25) is 0 Å². The number of fused-ring (bicyclic) bond motifs is 1. The van der Waals surface area contributed by atoms with Gasteiger partial charge in [-0.3, -0.25) is 19.4 Å². The van der Waals surface area contributed by atoms with E-state index in [1.807, 2.05) is 30.9 Å². The van der Waals surface area contributed by atoms with Gasteiger partial charge in [0.1, 0.15) is 17.2 Å². The van der Waals surface area contributed by atoms with Crippen LogP contribution in [0.25, 0.3) is 17.2 Å². The summed E-state index contributed by atoms with van der Waals surface area (Å²) in [5.74, 6) is 1.02. The minimum absolute atomic E-state index is 0.0857. The molecule has 6 heterocycles. The highest BCUT2D eigenvalue weighted by Gasteiger charge is 2.32. The first-order valence-corrected chi connectivity index (χ1v) is 11.5. The average Bonchev–Trinajstić information content (AvgIpc) is 3.65. The molecule has 4 aromatic rings. The Morgan fingerprint density at radius 2 is 2.00 bits per heavy atom. The van der Waals surface area contributed by atoms with Crippen LogP contribution >= 0.6 is 0 Å². The number of rotatable bonds is 5. The van der Waals surface area contributed by atoms with Crippen LogP contribution < -0.4 is 4.90 Å². The second-order valence-electron chi connectivity index (χ2n) is 8.81. The number of piperazine rings is 1. The molecule has 6 rings (SSSR count). The summed E-state index contributed by atoms with van der Waals surface area (Å²) in [7, 11) is 0. The van der Waals surface area contributed by atoms with E-state index in [1.54, 1.807) is 6.20 Å². The van der Waals surface area contributed by atoms with Crippen molar-refractivity contribution in [1.82, 2.24) is 34.4 Å². The summed E-state index contributed by atoms with van der Waals surface area (Å²) < 4.78 is 41.2. The normalized spacial score (nSPS) is 18.8. The monoisotopic (exact) mass is 493 g/mol. The van der Waals surface area contributed by atoms with Crippen LogP contribution in [0.15, 0.2) is 65.9 Å². The van der Waals surface area contributed by atoms with Crippen molar-refractivity contribution in [3.8, 4) is 11.5 Å². The molecule has 2 aliphatic heterocycles. The van der Waals surface area contributed by atoms with Crippen molar-refractivity contribution in [2.75, 3.05) is 31.1 Å². The van der Waals surface area contributed by atoms with Crippen molar-refractivity contribution < 1.29 is 13.2 Å². The van der Waals surface area contributed by atoms with E-state index in [0.29, 0.717) is 29.5 Å². The van der Waals surface area contributed by atoms with Crippen molar-refractivity contribution in [2.45, 2.75) is 18.6 Å². The molecule has 12 heteroatoms. The van der Waals surface area contributed by atoms with Crippen LogP contribution in [0.1, 0.15) is 23.6 Å². The first-order valence-electron chi connectivity index (χ1n) is 11.5. The molecule has 0 aliphatic carbocycles. The van der Waals surface area contributed by atoms with Crippen LogP contribution in [-0.2, 0) is 6.18 Å². The summed E-state index contributed by atoms with van der Waals surface area (Å²) >= 11 is 0. The Balaban J connectivity index is 1.29. The largest absolute Gasteiger partial charge is 0.417 e. The van der Waals surface area contributed by atoms with Gasteiger partial charge in [-0.25, -0.2) is 15.0 Å². The van der Waals surface area contributed by atoms with Crippen molar-refractivity contribution in [3.05, 3.63) is 72.1 Å². The third kappa shape index (κ3) is 4.24. The molecule has 2 aliphatic rings. The van der Waals surface area contributed by atoms with E-state index < -0.39 is 11.7 Å². The number of aromatic amines is 1. The molecule has 184 valence electrons. The second kappa shape index (κ2) is 8.86. The summed E-state index contributed by atoms with van der Waals surface area (Å²) in [5, 5.41) is 7.04. The Hall–Kier alpha value is -4.06. The Morgan fingerprint density at radius 3 is 2.78 bits per heavy atom. The molecule has 0 aromatic carbocycles. The van der Waals surface area contributed by atoms with Gasteiger partial charge >= 0.3 is 6.18 Å². The van der Waals surface area contributed by atoms with E-state index in [0.717, 1.165) is 43.9 Å². The first kappa shape index (κ1) is 22.4. The Labute approximate surface area is 204 Å². The van der Waals surface area contributed by atoms with Crippen LogP contribution in [0.4, 0.5) is 19.0 Å². The average molecular weight is 493 g/mol. The van der Waals surface area contributed by atoms with Crippen molar-refractivity contribution >= 4 is 17.7 Å². The number of aliphatic imine (C=N–C) groups is 1. The summed E-state index contributed by atoms with van der Waals surface area (Å²) in [6.07, 6.45) is 8.15. The zero-order chi connectivity index (χ0) is 24.7. The van der Waals surface area contributed by atoms with Crippen LogP contribution in [0.5, 0.6) is 0 Å². The van der Waals surface area contributed by atoms with Gasteiger partial charge in [-0.15, -0.1) is 0 Å². The minimum atomic E-state index is -4.46. The number of imidazole rings is 1. The SMILES string of the molecule is FC(F)(F)c1ccc2ncc(-c3nccc(N4CCN(CC5=CN=CC5)C(c5cn[nH]c5)C4)n3)n2c1. The summed E-state index contributed by atoms with van der Waals surface area (Å²) in [6.45, 7) is 3.04. The number of nitrogens with one attached hydrogen (secondary N) is 1. The molecule has 9 nitrogen and oxygen atoms in total. The minimum Gasteiger partial charge on any atom is -0.353 e. The van der Waals surface area contributed by atoms with E-state index in [1.165, 1.54) is 22.2 Å². The number of alkyl halides is 3. The topological polar surface area (TPSA) is 90.6 Å². The highest BCUT2D eigenvalue weighted by molar-refractivity contribution is 5.65. The molecule has 0 saturated carbocycles. The molecular formula is C24H22F3N9. The zero-order valence-electron chi connectivity index (χ0n) is 19.1. The van der Waals surface area contributed by atoms with Gasteiger partial charge in [0.05, 0.1) is 24.0 Å². The van der Waals surface area contributed by atoms with Crippen molar-refractivity contribution in [3.63, 3.8) is 0 Å². The lowest BCUT2D eigenvalue weighted by atomic mass is 10.0. The second-order valence-corrected chi connectivity index (χ2v) is 8.81. The van der Waals surface area contributed by atoms with Gasteiger partial charge in [0, 0.05) is 69.2 Å². The lowest BCUT2D eigenvalue weighted by Crippen LogP contribution is -2.49. The maximum absolute atomic E-state index is 13.3. The lowest BCUT2D eigenvalue weighted by molar-refractivity contribution is -0.137. The van der Waals surface area contributed by atoms with Gasteiger partial charge in [0.25, 0.3) is 0 Å². The summed E-state index contributed by atoms with van der Waals surface area (Å²) in [4.78, 5) is 22.1. The number of pyridine rings is 1. The maximum atomic E-state index is 13.3. The molecule has 1 unspecified atom stereocenters. The molecule has 36 heavy (non-hydrogen) atoms. The van der Waals surface area contributed by atoms with E-state index in [2.05, 4.69) is 35.0 Å². The Kier molecular flexibility index (Phi) is 5.52. The summed E-state index contributed by atoms with van der Waals surface area (Å²) in [5.41, 5.74) is 2.39. The number of hydrogen-bond donors (Lipinski definition) is 1. The van der Waals surface area contributed by atoms with Gasteiger partial charge in [-0.1, -0.05) is 0 Å². The highest BCUT2D eigenvalue weighted by Crippen LogP contribution is 2.32. The lowest BCUT2D eigenvalue weighted by Gasteiger charge is -2.41. The number of H-pyrrole nitrogens is 1. The van der Waals surface area contributed by atoms with Crippen LogP contribution in [0.2, 0.25) is 0 Å². The van der Waals surface area contributed by atoms with Crippen LogP contribution in [-0.4, -0.2) is 66.8 Å². The molecule has 1 atom stereocenters. The van der Waals surface area contributed by atoms with Gasteiger partial charge < -0.3 is 4.90 Å². The van der Waals surface area contributed by atoms with Crippen LogP contribution in [0, 0.1) is 0 Å². The molecule has 0 amide bonds. The first-order chi connectivity index (χ1) is 17.5. The number of aromatic nitrogens is 6. The highest BCUT2D eigenvalue weighted by atomic mass is 19.4. The Bertz CT molecular complexity index is 1440. The fourth-order valence-electron chi connectivity index (χ4n) is 4.69. The molecule has 1 N–H and O–H groups in total. The number of halogens is 3. The van der Waals surface area contributed by atoms with Gasteiger partial charge in [-0.2, -0.15) is 18.3 Å². The molecule has 0 radical (unpaired) electrons. The predicted molar refractivity (Wildman–Crippen MR) is 128 cm³/mol. The third-order valence-electron chi connectivity index (χ3n) is 6.54. The molecule has 0 spiro atoms. The van der Waals surface area contributed by atoms with Crippen molar-refractivity contribution in [2.24, 2.45) is 4.99 Å². The molecule has 4 aromatic heterocycles. The smallest absolute Gasteiger partial charge is 0.353 e. The Morgan fingerprint density at radius 1 is 1.08 bits per heavy atom.